The standard InChI is InChI=1S/C20H18N2O6S/c23-18(21-12-5-6-14-15(9-12)27-8-7-26-14)11-28-19(24)10-17-20(25)22-13-3-1-2-4-16(13)29-17/h1-6,9,17H,7-8,10-11H2,(H,21,23)(H,22,25)/t17-/m0/s1. The minimum absolute atomic E-state index is 0.123. The fourth-order valence-corrected chi connectivity index (χ4v) is 4.00. The number of hydrogen-bond donors (Lipinski definition) is 2. The predicted octanol–water partition coefficient (Wildman–Crippen LogP) is 2.44. The largest absolute Gasteiger partial charge is 0.486 e. The van der Waals surface area contributed by atoms with Gasteiger partial charge in [-0.3, -0.25) is 14.4 Å². The van der Waals surface area contributed by atoms with Crippen molar-refractivity contribution in [3.63, 3.8) is 0 Å². The Morgan fingerprint density at radius 1 is 1.14 bits per heavy atom. The zero-order valence-corrected chi connectivity index (χ0v) is 16.1. The van der Waals surface area contributed by atoms with Crippen molar-refractivity contribution in [1.29, 1.82) is 0 Å². The summed E-state index contributed by atoms with van der Waals surface area (Å²) in [7, 11) is 0. The summed E-state index contributed by atoms with van der Waals surface area (Å²) in [6.45, 7) is 0.486. The Morgan fingerprint density at radius 2 is 1.93 bits per heavy atom. The van der Waals surface area contributed by atoms with Crippen molar-refractivity contribution in [2.75, 3.05) is 30.5 Å². The van der Waals surface area contributed by atoms with E-state index in [-0.39, 0.29) is 12.3 Å². The first-order valence-corrected chi connectivity index (χ1v) is 9.88. The number of ether oxygens (including phenoxy) is 3. The number of carbonyl (C=O) groups excluding carboxylic acids is 3. The number of nitrogens with one attached hydrogen (secondary N) is 2. The van der Waals surface area contributed by atoms with E-state index < -0.39 is 23.7 Å². The van der Waals surface area contributed by atoms with Gasteiger partial charge in [-0.05, 0) is 24.3 Å². The summed E-state index contributed by atoms with van der Waals surface area (Å²) in [5.41, 5.74) is 1.24. The van der Waals surface area contributed by atoms with Gasteiger partial charge in [-0.25, -0.2) is 0 Å². The second kappa shape index (κ2) is 8.44. The topological polar surface area (TPSA) is 103 Å². The Kier molecular flexibility index (Phi) is 5.57. The molecule has 0 saturated heterocycles. The van der Waals surface area contributed by atoms with Crippen LogP contribution in [0.25, 0.3) is 0 Å². The molecule has 0 radical (unpaired) electrons. The molecule has 2 N–H and O–H groups in total. The van der Waals surface area contributed by atoms with E-state index in [1.165, 1.54) is 11.8 Å². The van der Waals surface area contributed by atoms with E-state index in [1.54, 1.807) is 24.3 Å². The van der Waals surface area contributed by atoms with E-state index in [2.05, 4.69) is 10.6 Å². The highest BCUT2D eigenvalue weighted by Gasteiger charge is 2.29. The van der Waals surface area contributed by atoms with Gasteiger partial charge in [0, 0.05) is 16.6 Å². The van der Waals surface area contributed by atoms with Crippen molar-refractivity contribution in [2.24, 2.45) is 0 Å². The molecule has 0 aliphatic carbocycles. The van der Waals surface area contributed by atoms with Crippen LogP contribution in [-0.4, -0.2) is 42.9 Å². The van der Waals surface area contributed by atoms with Crippen molar-refractivity contribution in [3.8, 4) is 11.5 Å². The zero-order valence-electron chi connectivity index (χ0n) is 15.3. The molecule has 2 aromatic rings. The fraction of sp³-hybridized carbons (Fsp3) is 0.250. The number of rotatable bonds is 5. The summed E-state index contributed by atoms with van der Waals surface area (Å²) < 4.78 is 15.9. The highest BCUT2D eigenvalue weighted by atomic mass is 32.2. The van der Waals surface area contributed by atoms with Gasteiger partial charge in [-0.2, -0.15) is 0 Å². The summed E-state index contributed by atoms with van der Waals surface area (Å²) in [4.78, 5) is 37.2. The van der Waals surface area contributed by atoms with E-state index in [4.69, 9.17) is 14.2 Å². The lowest BCUT2D eigenvalue weighted by atomic mass is 10.2. The lowest BCUT2D eigenvalue weighted by Crippen LogP contribution is -2.32. The van der Waals surface area contributed by atoms with Crippen molar-refractivity contribution in [2.45, 2.75) is 16.6 Å². The molecule has 0 saturated carbocycles. The highest BCUT2D eigenvalue weighted by Crippen LogP contribution is 2.36. The predicted molar refractivity (Wildman–Crippen MR) is 106 cm³/mol. The van der Waals surface area contributed by atoms with E-state index in [9.17, 15) is 14.4 Å². The molecule has 4 rings (SSSR count). The zero-order chi connectivity index (χ0) is 20.2. The molecule has 2 aliphatic rings. The van der Waals surface area contributed by atoms with Crippen LogP contribution in [0, 0.1) is 0 Å². The molecule has 8 nitrogen and oxygen atoms in total. The first-order valence-electron chi connectivity index (χ1n) is 9.00. The molecule has 9 heteroatoms. The number of anilines is 2. The number of thioether (sulfide) groups is 1. The van der Waals surface area contributed by atoms with Gasteiger partial charge >= 0.3 is 5.97 Å². The molecule has 2 aliphatic heterocycles. The molecule has 2 heterocycles. The van der Waals surface area contributed by atoms with Crippen LogP contribution >= 0.6 is 11.8 Å². The summed E-state index contributed by atoms with van der Waals surface area (Å²) in [6, 6.07) is 12.4. The minimum Gasteiger partial charge on any atom is -0.486 e. The Balaban J connectivity index is 1.26. The number of benzene rings is 2. The maximum Gasteiger partial charge on any atom is 0.307 e. The van der Waals surface area contributed by atoms with Gasteiger partial charge in [0.2, 0.25) is 5.91 Å². The van der Waals surface area contributed by atoms with Crippen LogP contribution in [0.15, 0.2) is 47.4 Å². The molecule has 0 bridgehead atoms. The molecule has 0 spiro atoms. The summed E-state index contributed by atoms with van der Waals surface area (Å²) in [5, 5.41) is 4.81. The molecule has 29 heavy (non-hydrogen) atoms. The minimum atomic E-state index is -0.616. The van der Waals surface area contributed by atoms with Gasteiger partial charge in [0.1, 0.15) is 13.2 Å². The van der Waals surface area contributed by atoms with Crippen molar-refractivity contribution in [1.82, 2.24) is 0 Å². The number of fused-ring (bicyclic) bond motifs is 2. The summed E-state index contributed by atoms with van der Waals surface area (Å²) >= 11 is 1.30. The van der Waals surface area contributed by atoms with E-state index >= 15 is 0 Å². The van der Waals surface area contributed by atoms with Crippen LogP contribution in [0.3, 0.4) is 0 Å². The van der Waals surface area contributed by atoms with E-state index in [0.29, 0.717) is 30.4 Å². The van der Waals surface area contributed by atoms with E-state index in [1.807, 2.05) is 18.2 Å². The number of para-hydroxylation sites is 1. The van der Waals surface area contributed by atoms with Gasteiger partial charge in [0.25, 0.3) is 5.91 Å². The molecule has 1 atom stereocenters. The quantitative estimate of drug-likeness (QED) is 0.725. The van der Waals surface area contributed by atoms with Crippen LogP contribution in [0.2, 0.25) is 0 Å². The summed E-state index contributed by atoms with van der Waals surface area (Å²) in [6.07, 6.45) is -0.123. The Labute approximate surface area is 170 Å². The summed E-state index contributed by atoms with van der Waals surface area (Å²) in [5.74, 6) is -0.195. The molecular weight excluding hydrogens is 396 g/mol. The number of carbonyl (C=O) groups is 3. The maximum atomic E-state index is 12.1. The average molecular weight is 414 g/mol. The Bertz CT molecular complexity index is 964. The average Bonchev–Trinajstić information content (AvgIpc) is 2.73. The Morgan fingerprint density at radius 3 is 2.79 bits per heavy atom. The normalized spacial score (nSPS) is 17.0. The van der Waals surface area contributed by atoms with Crippen LogP contribution in [-0.2, 0) is 19.1 Å². The third kappa shape index (κ3) is 4.62. The van der Waals surface area contributed by atoms with Gasteiger partial charge in [0.15, 0.2) is 18.1 Å². The van der Waals surface area contributed by atoms with Crippen molar-refractivity contribution >= 4 is 40.9 Å². The SMILES string of the molecule is O=C(COC(=O)C[C@@H]1Sc2ccccc2NC1=O)Nc1ccc2c(c1)OCCO2. The number of amides is 2. The first kappa shape index (κ1) is 19.1. The monoisotopic (exact) mass is 414 g/mol. The molecule has 2 amide bonds. The molecule has 0 aromatic heterocycles. The van der Waals surface area contributed by atoms with E-state index in [0.717, 1.165) is 10.6 Å². The number of hydrogen-bond acceptors (Lipinski definition) is 7. The molecule has 0 fully saturated rings. The third-order valence-corrected chi connectivity index (χ3v) is 5.52. The smallest absolute Gasteiger partial charge is 0.307 e. The maximum absolute atomic E-state index is 12.1. The van der Waals surface area contributed by atoms with Gasteiger partial charge in [-0.15, -0.1) is 11.8 Å². The van der Waals surface area contributed by atoms with Crippen molar-refractivity contribution < 1.29 is 28.6 Å². The second-order valence-electron chi connectivity index (χ2n) is 6.36. The van der Waals surface area contributed by atoms with Gasteiger partial charge in [0.05, 0.1) is 17.4 Å². The molecule has 2 aromatic carbocycles. The lowest BCUT2D eigenvalue weighted by molar-refractivity contribution is -0.147. The van der Waals surface area contributed by atoms with Gasteiger partial charge in [-0.1, -0.05) is 12.1 Å². The van der Waals surface area contributed by atoms with Gasteiger partial charge < -0.3 is 24.8 Å². The third-order valence-electron chi connectivity index (χ3n) is 4.25. The molecule has 150 valence electrons. The molecular formula is C20H18N2O6S. The van der Waals surface area contributed by atoms with Crippen molar-refractivity contribution in [3.05, 3.63) is 42.5 Å². The highest BCUT2D eigenvalue weighted by molar-refractivity contribution is 8.01. The van der Waals surface area contributed by atoms with Crippen LogP contribution in [0.5, 0.6) is 11.5 Å². The Hall–Kier alpha value is -3.20. The van der Waals surface area contributed by atoms with Crippen LogP contribution in [0.4, 0.5) is 11.4 Å². The first-order chi connectivity index (χ1) is 14.1. The van der Waals surface area contributed by atoms with Crippen LogP contribution in [0.1, 0.15) is 6.42 Å². The lowest BCUT2D eigenvalue weighted by Gasteiger charge is -2.23. The second-order valence-corrected chi connectivity index (χ2v) is 7.61. The number of esters is 1. The van der Waals surface area contributed by atoms with Crippen LogP contribution < -0.4 is 20.1 Å². The fourth-order valence-electron chi connectivity index (χ4n) is 2.90. The molecule has 0 unspecified atom stereocenters.